The molecule has 0 saturated carbocycles. The third-order valence-electron chi connectivity index (χ3n) is 5.21. The number of ketones is 1. The molecule has 0 aromatic rings. The highest BCUT2D eigenvalue weighted by Gasteiger charge is 2.34. The largest absolute Gasteiger partial charge is 0.476 e. The Bertz CT molecular complexity index is 885. The molecule has 202 valence electrons. The smallest absolute Gasteiger partial charge is 0.342 e. The summed E-state index contributed by atoms with van der Waals surface area (Å²) in [5, 5.41) is 0. The molecule has 34 heavy (non-hydrogen) atoms. The molecule has 15 heteroatoms. The molecule has 12 nitrogen and oxygen atoms in total. The number of hydrogen-bond donors (Lipinski definition) is 4. The molecular formula is C19H39NO11P2S. The lowest BCUT2D eigenvalue weighted by molar-refractivity contribution is -0.136. The topological polar surface area (TPSA) is 196 Å². The lowest BCUT2D eigenvalue weighted by atomic mass is 9.81. The number of carbonyl (C=O) groups is 2. The van der Waals surface area contributed by atoms with E-state index in [-0.39, 0.29) is 37.6 Å². The minimum atomic E-state index is -5.18. The number of amides is 1. The fourth-order valence-electron chi connectivity index (χ4n) is 3.66. The summed E-state index contributed by atoms with van der Waals surface area (Å²) in [6, 6.07) is 0. The molecule has 0 rings (SSSR count). The lowest BCUT2D eigenvalue weighted by Gasteiger charge is -2.29. The van der Waals surface area contributed by atoms with Crippen LogP contribution in [0.25, 0.3) is 0 Å². The minimum Gasteiger partial charge on any atom is -0.342 e. The quantitative estimate of drug-likeness (QED) is 0.153. The summed E-state index contributed by atoms with van der Waals surface area (Å²) in [5.41, 5.74) is -0.986. The molecule has 0 spiro atoms. The van der Waals surface area contributed by atoms with Crippen LogP contribution >= 0.6 is 15.4 Å². The third kappa shape index (κ3) is 14.7. The first-order valence-corrected chi connectivity index (χ1v) is 16.0. The van der Waals surface area contributed by atoms with Gasteiger partial charge in [0.1, 0.15) is 5.78 Å². The zero-order valence-corrected chi connectivity index (χ0v) is 23.0. The highest BCUT2D eigenvalue weighted by molar-refractivity contribution is 7.85. The molecule has 3 unspecified atom stereocenters. The van der Waals surface area contributed by atoms with E-state index < -0.39 is 54.7 Å². The summed E-state index contributed by atoms with van der Waals surface area (Å²) in [4.78, 5) is 54.4. The van der Waals surface area contributed by atoms with Crippen LogP contribution < -0.4 is 0 Å². The number of carbonyl (C=O) groups excluding carboxylic acids is 2. The Hall–Kier alpha value is -0.650. The maximum absolute atomic E-state index is 13.0. The first-order valence-electron chi connectivity index (χ1n) is 11.1. The molecule has 0 saturated heterocycles. The molecule has 0 aliphatic rings. The molecule has 4 N–H and O–H groups in total. The normalized spacial score (nSPS) is 16.5. The van der Waals surface area contributed by atoms with E-state index in [0.717, 1.165) is 6.42 Å². The third-order valence-corrected chi connectivity index (χ3v) is 9.00. The van der Waals surface area contributed by atoms with E-state index in [9.17, 15) is 32.0 Å². The van der Waals surface area contributed by atoms with Crippen LogP contribution in [0.15, 0.2) is 0 Å². The Kier molecular flexibility index (Phi) is 13.3. The Morgan fingerprint density at radius 1 is 1.09 bits per heavy atom. The van der Waals surface area contributed by atoms with E-state index in [1.807, 2.05) is 6.92 Å². The van der Waals surface area contributed by atoms with Gasteiger partial charge in [-0.25, -0.2) is 8.88 Å². The van der Waals surface area contributed by atoms with Gasteiger partial charge in [-0.05, 0) is 24.7 Å². The van der Waals surface area contributed by atoms with Crippen molar-refractivity contribution in [2.75, 3.05) is 25.0 Å². The number of phosphoric acid groups is 1. The van der Waals surface area contributed by atoms with Gasteiger partial charge < -0.3 is 19.6 Å². The summed E-state index contributed by atoms with van der Waals surface area (Å²) in [7, 11) is -14.1. The highest BCUT2D eigenvalue weighted by Crippen LogP contribution is 2.56. The van der Waals surface area contributed by atoms with Gasteiger partial charge in [-0.3, -0.25) is 18.7 Å². The van der Waals surface area contributed by atoms with Gasteiger partial charge >= 0.3 is 15.4 Å². The zero-order valence-electron chi connectivity index (χ0n) is 20.4. The lowest BCUT2D eigenvalue weighted by Crippen LogP contribution is -2.39. The molecule has 0 heterocycles. The van der Waals surface area contributed by atoms with E-state index in [1.165, 1.54) is 4.90 Å². The number of nitrogens with zero attached hydrogens (tertiary/aromatic N) is 1. The predicted molar refractivity (Wildman–Crippen MR) is 127 cm³/mol. The van der Waals surface area contributed by atoms with Crippen molar-refractivity contribution in [1.82, 2.24) is 4.90 Å². The van der Waals surface area contributed by atoms with Gasteiger partial charge in [0.25, 0.3) is 10.1 Å². The first-order chi connectivity index (χ1) is 15.2. The van der Waals surface area contributed by atoms with Crippen LogP contribution in [0.2, 0.25) is 0 Å². The molecular weight excluding hydrogens is 512 g/mol. The van der Waals surface area contributed by atoms with Crippen molar-refractivity contribution in [3.8, 4) is 0 Å². The molecule has 0 aromatic carbocycles. The van der Waals surface area contributed by atoms with E-state index in [1.54, 1.807) is 27.7 Å². The van der Waals surface area contributed by atoms with Crippen molar-refractivity contribution in [2.45, 2.75) is 66.7 Å². The van der Waals surface area contributed by atoms with E-state index in [0.29, 0.717) is 12.8 Å². The van der Waals surface area contributed by atoms with Crippen molar-refractivity contribution in [3.63, 3.8) is 0 Å². The molecule has 0 aromatic heterocycles. The summed E-state index contributed by atoms with van der Waals surface area (Å²) in [5.74, 6) is -2.36. The molecule has 1 amide bonds. The zero-order chi connectivity index (χ0) is 27.0. The maximum atomic E-state index is 13.0. The average Bonchev–Trinajstić information content (AvgIpc) is 2.60. The van der Waals surface area contributed by atoms with Gasteiger partial charge in [0.05, 0.1) is 11.9 Å². The standard InChI is InChI=1S/C19H39NO11P2S/c1-6-8-9-20(10-11-32(23,24)31-33(25,26)27)18(22)15(3)12-16(7-2)17(21)13-19(4,5)14-34(28,29)30/h15-16H,6-14H2,1-5H3,(H,23,24)(H2,25,26,27)(H,28,29,30). The number of rotatable bonds is 17. The molecule has 0 bridgehead atoms. The van der Waals surface area contributed by atoms with Gasteiger partial charge in [0.2, 0.25) is 5.91 Å². The Labute approximate surface area is 202 Å². The van der Waals surface area contributed by atoms with Crippen LogP contribution in [0.4, 0.5) is 0 Å². The number of Topliss-reactive ketones (excluding diaryl/α,β-unsaturated/α-hetero) is 1. The van der Waals surface area contributed by atoms with Crippen molar-refractivity contribution < 1.29 is 50.7 Å². The first kappa shape index (κ1) is 33.4. The Morgan fingerprint density at radius 2 is 1.65 bits per heavy atom. The number of hydrogen-bond acceptors (Lipinski definition) is 7. The Morgan fingerprint density at radius 3 is 2.09 bits per heavy atom. The van der Waals surface area contributed by atoms with Crippen molar-refractivity contribution in [1.29, 1.82) is 0 Å². The predicted octanol–water partition coefficient (Wildman–Crippen LogP) is 2.84. The average molecular weight is 552 g/mol. The van der Waals surface area contributed by atoms with Crippen LogP contribution in [-0.4, -0.2) is 69.2 Å². The van der Waals surface area contributed by atoms with Crippen LogP contribution in [0, 0.1) is 17.3 Å². The molecule has 0 fully saturated rings. The van der Waals surface area contributed by atoms with Crippen molar-refractivity contribution >= 4 is 37.2 Å². The van der Waals surface area contributed by atoms with Crippen LogP contribution in [0.1, 0.15) is 66.7 Å². The van der Waals surface area contributed by atoms with E-state index in [4.69, 9.17) is 14.3 Å². The maximum Gasteiger partial charge on any atom is 0.476 e. The Balaban J connectivity index is 5.31. The minimum absolute atomic E-state index is 0.0981. The highest BCUT2D eigenvalue weighted by atomic mass is 32.2. The van der Waals surface area contributed by atoms with Gasteiger partial charge in [0, 0.05) is 31.3 Å². The van der Waals surface area contributed by atoms with Gasteiger partial charge in [-0.1, -0.05) is 41.0 Å². The fourth-order valence-corrected chi connectivity index (χ4v) is 6.90. The van der Waals surface area contributed by atoms with Gasteiger partial charge in [0.15, 0.2) is 0 Å². The molecule has 0 aliphatic carbocycles. The van der Waals surface area contributed by atoms with Crippen molar-refractivity contribution in [3.05, 3.63) is 0 Å². The summed E-state index contributed by atoms with van der Waals surface area (Å²) in [6.45, 7) is 8.38. The van der Waals surface area contributed by atoms with Gasteiger partial charge in [-0.2, -0.15) is 8.42 Å². The molecule has 0 radical (unpaired) electrons. The summed E-state index contributed by atoms with van der Waals surface area (Å²) < 4.78 is 58.3. The number of unbranched alkanes of at least 4 members (excludes halogenated alkanes) is 1. The van der Waals surface area contributed by atoms with Crippen LogP contribution in [-0.2, 0) is 33.1 Å². The molecule has 0 aliphatic heterocycles. The second kappa shape index (κ2) is 13.6. The summed E-state index contributed by atoms with van der Waals surface area (Å²) in [6.07, 6.45) is 1.14. The SMILES string of the molecule is CCCCN(CCP(=O)(O)OP(=O)(O)O)C(=O)C(C)CC(CC)C(=O)CC(C)(C)CS(=O)(=O)O. The van der Waals surface area contributed by atoms with Crippen LogP contribution in [0.3, 0.4) is 0 Å². The second-order valence-corrected chi connectivity index (χ2v) is 14.2. The van der Waals surface area contributed by atoms with E-state index >= 15 is 0 Å². The van der Waals surface area contributed by atoms with Crippen LogP contribution in [0.5, 0.6) is 0 Å². The van der Waals surface area contributed by atoms with Crippen molar-refractivity contribution in [2.24, 2.45) is 17.3 Å². The van der Waals surface area contributed by atoms with E-state index in [2.05, 4.69) is 4.31 Å². The second-order valence-electron chi connectivity index (χ2n) is 9.39. The van der Waals surface area contributed by atoms with Gasteiger partial charge in [-0.15, -0.1) is 0 Å². The fraction of sp³-hybridized carbons (Fsp3) is 0.895. The summed E-state index contributed by atoms with van der Waals surface area (Å²) >= 11 is 0. The molecule has 3 atom stereocenters. The monoisotopic (exact) mass is 551 g/mol.